The van der Waals surface area contributed by atoms with Gasteiger partial charge in [0.15, 0.2) is 0 Å². The van der Waals surface area contributed by atoms with E-state index in [1.54, 1.807) is 38.1 Å². The molecule has 0 heterocycles. The van der Waals surface area contributed by atoms with Crippen LogP contribution in [0.2, 0.25) is 0 Å². The molecule has 0 spiro atoms. The number of esters is 1. The Morgan fingerprint density at radius 3 is 2.69 bits per heavy atom. The number of aliphatic imine (C=N–C) groups is 1. The summed E-state index contributed by atoms with van der Waals surface area (Å²) in [5, 5.41) is 0. The van der Waals surface area contributed by atoms with Crippen LogP contribution in [-0.4, -0.2) is 19.2 Å². The Morgan fingerprint density at radius 1 is 1.44 bits per heavy atom. The fourth-order valence-electron chi connectivity index (χ4n) is 1.32. The highest BCUT2D eigenvalue weighted by Gasteiger charge is 2.20. The summed E-state index contributed by atoms with van der Waals surface area (Å²) >= 11 is 0. The lowest BCUT2D eigenvalue weighted by atomic mass is 9.94. The van der Waals surface area contributed by atoms with Crippen molar-refractivity contribution in [3.63, 3.8) is 0 Å². The molecule has 16 heavy (non-hydrogen) atoms. The fraction of sp³-hybridized carbons (Fsp3) is 0.333. The molecule has 0 radical (unpaired) electrons. The zero-order valence-corrected chi connectivity index (χ0v) is 9.48. The zero-order chi connectivity index (χ0) is 12.2. The maximum atomic E-state index is 11.3. The number of hydrogen-bond acceptors (Lipinski definition) is 4. The lowest BCUT2D eigenvalue weighted by Crippen LogP contribution is -2.14. The summed E-state index contributed by atoms with van der Waals surface area (Å²) in [5.74, 6) is -0.410. The zero-order valence-electron chi connectivity index (χ0n) is 9.48. The molecule has 0 saturated heterocycles. The molecule has 1 rings (SSSR count). The Bertz CT molecular complexity index is 445. The van der Waals surface area contributed by atoms with Gasteiger partial charge in [0.1, 0.15) is 0 Å². The van der Waals surface area contributed by atoms with Gasteiger partial charge in [0.05, 0.1) is 18.2 Å². The molecule has 1 aromatic carbocycles. The number of isocyanates is 1. The van der Waals surface area contributed by atoms with E-state index < -0.39 is 11.5 Å². The smallest absolute Gasteiger partial charge is 0.337 e. The molecule has 0 atom stereocenters. The van der Waals surface area contributed by atoms with Crippen LogP contribution in [0.1, 0.15) is 29.8 Å². The van der Waals surface area contributed by atoms with E-state index in [0.717, 1.165) is 5.56 Å². The van der Waals surface area contributed by atoms with Crippen molar-refractivity contribution in [1.29, 1.82) is 0 Å². The number of carbonyl (C=O) groups is 1. The Balaban J connectivity index is 3.17. The van der Waals surface area contributed by atoms with Crippen LogP contribution >= 0.6 is 0 Å². The first kappa shape index (κ1) is 12.1. The lowest BCUT2D eigenvalue weighted by molar-refractivity contribution is 0.0600. The first-order valence-electron chi connectivity index (χ1n) is 4.79. The van der Waals surface area contributed by atoms with Crippen molar-refractivity contribution in [2.75, 3.05) is 7.11 Å². The van der Waals surface area contributed by atoms with Crippen LogP contribution in [0.25, 0.3) is 0 Å². The number of ether oxygens (including phenoxy) is 1. The van der Waals surface area contributed by atoms with Crippen LogP contribution in [0.15, 0.2) is 29.3 Å². The number of nitrogens with zero attached hydrogens (tertiary/aromatic N) is 1. The van der Waals surface area contributed by atoms with Gasteiger partial charge >= 0.3 is 5.97 Å². The highest BCUT2D eigenvalue weighted by Crippen LogP contribution is 2.24. The molecule has 0 unspecified atom stereocenters. The minimum atomic E-state index is -0.689. The van der Waals surface area contributed by atoms with Crippen LogP contribution in [0.3, 0.4) is 0 Å². The fourth-order valence-corrected chi connectivity index (χ4v) is 1.32. The first-order valence-corrected chi connectivity index (χ1v) is 4.79. The van der Waals surface area contributed by atoms with E-state index in [0.29, 0.717) is 5.56 Å². The quantitative estimate of drug-likeness (QED) is 0.444. The average Bonchev–Trinajstić information content (AvgIpc) is 2.28. The molecular weight excluding hydrogens is 206 g/mol. The van der Waals surface area contributed by atoms with Gasteiger partial charge in [-0.1, -0.05) is 12.1 Å². The predicted molar refractivity (Wildman–Crippen MR) is 58.9 cm³/mol. The number of rotatable bonds is 3. The summed E-state index contributed by atoms with van der Waals surface area (Å²) in [6.07, 6.45) is 1.53. The van der Waals surface area contributed by atoms with Gasteiger partial charge in [-0.25, -0.2) is 9.59 Å². The van der Waals surface area contributed by atoms with E-state index >= 15 is 0 Å². The summed E-state index contributed by atoms with van der Waals surface area (Å²) < 4.78 is 4.62. The molecule has 1 aromatic rings. The van der Waals surface area contributed by atoms with E-state index in [9.17, 15) is 9.59 Å². The Morgan fingerprint density at radius 2 is 2.12 bits per heavy atom. The summed E-state index contributed by atoms with van der Waals surface area (Å²) in [6, 6.07) is 6.83. The minimum absolute atomic E-state index is 0.410. The molecule has 0 aliphatic carbocycles. The number of carbonyl (C=O) groups excluding carboxylic acids is 2. The summed E-state index contributed by atoms with van der Waals surface area (Å²) in [7, 11) is 1.32. The van der Waals surface area contributed by atoms with Gasteiger partial charge in [-0.15, -0.1) is 0 Å². The van der Waals surface area contributed by atoms with Crippen molar-refractivity contribution in [3.05, 3.63) is 35.4 Å². The highest BCUT2D eigenvalue weighted by atomic mass is 16.5. The van der Waals surface area contributed by atoms with E-state index in [1.807, 2.05) is 0 Å². The van der Waals surface area contributed by atoms with Crippen LogP contribution < -0.4 is 0 Å². The number of methoxy groups -OCH3 is 1. The standard InChI is InChI=1S/C12H13NO3/c1-12(2,13-8-14)10-6-4-5-9(7-10)11(15)16-3/h4-7H,1-3H3. The van der Waals surface area contributed by atoms with Gasteiger partial charge in [0.25, 0.3) is 0 Å². The van der Waals surface area contributed by atoms with Crippen LogP contribution in [-0.2, 0) is 15.1 Å². The molecule has 0 bridgehead atoms. The topological polar surface area (TPSA) is 55.7 Å². The third kappa shape index (κ3) is 2.55. The van der Waals surface area contributed by atoms with Crippen molar-refractivity contribution in [3.8, 4) is 0 Å². The van der Waals surface area contributed by atoms with Gasteiger partial charge in [-0.2, -0.15) is 4.99 Å². The molecule has 0 aliphatic heterocycles. The van der Waals surface area contributed by atoms with Crippen molar-refractivity contribution >= 4 is 12.0 Å². The van der Waals surface area contributed by atoms with E-state index in [-0.39, 0.29) is 0 Å². The lowest BCUT2D eigenvalue weighted by Gasteiger charge is -2.18. The van der Waals surface area contributed by atoms with Crippen molar-refractivity contribution in [1.82, 2.24) is 0 Å². The summed E-state index contributed by atoms with van der Waals surface area (Å²) in [6.45, 7) is 3.54. The average molecular weight is 219 g/mol. The molecule has 4 heteroatoms. The highest BCUT2D eigenvalue weighted by molar-refractivity contribution is 5.89. The van der Waals surface area contributed by atoms with E-state index in [4.69, 9.17) is 0 Å². The Kier molecular flexibility index (Phi) is 3.59. The molecular formula is C12H13NO3. The predicted octanol–water partition coefficient (Wildman–Crippen LogP) is 2.04. The molecule has 0 saturated carbocycles. The largest absolute Gasteiger partial charge is 0.465 e. The molecule has 0 fully saturated rings. The Hall–Kier alpha value is -1.93. The molecule has 0 aliphatic rings. The van der Waals surface area contributed by atoms with Crippen molar-refractivity contribution < 1.29 is 14.3 Å². The number of benzene rings is 1. The third-order valence-electron chi connectivity index (χ3n) is 2.32. The van der Waals surface area contributed by atoms with Gasteiger partial charge in [-0.05, 0) is 31.5 Å². The second-order valence-electron chi connectivity index (χ2n) is 3.83. The van der Waals surface area contributed by atoms with Crippen LogP contribution in [0, 0.1) is 0 Å². The van der Waals surface area contributed by atoms with Crippen molar-refractivity contribution in [2.24, 2.45) is 4.99 Å². The first-order chi connectivity index (χ1) is 7.51. The van der Waals surface area contributed by atoms with Crippen LogP contribution in [0.4, 0.5) is 0 Å². The number of hydrogen-bond donors (Lipinski definition) is 0. The molecule has 84 valence electrons. The van der Waals surface area contributed by atoms with Crippen molar-refractivity contribution in [2.45, 2.75) is 19.4 Å². The molecule has 0 amide bonds. The maximum absolute atomic E-state index is 11.3. The SMILES string of the molecule is COC(=O)c1cccc(C(C)(C)N=C=O)c1. The van der Waals surface area contributed by atoms with Crippen LogP contribution in [0.5, 0.6) is 0 Å². The third-order valence-corrected chi connectivity index (χ3v) is 2.32. The maximum Gasteiger partial charge on any atom is 0.337 e. The second kappa shape index (κ2) is 4.73. The summed E-state index contributed by atoms with van der Waals surface area (Å²) in [4.78, 5) is 25.3. The van der Waals surface area contributed by atoms with E-state index in [1.165, 1.54) is 13.2 Å². The van der Waals surface area contributed by atoms with Gasteiger partial charge in [0, 0.05) is 0 Å². The van der Waals surface area contributed by atoms with Gasteiger partial charge < -0.3 is 4.74 Å². The summed E-state index contributed by atoms with van der Waals surface area (Å²) in [5.41, 5.74) is 0.513. The molecule has 0 N–H and O–H groups in total. The minimum Gasteiger partial charge on any atom is -0.465 e. The van der Waals surface area contributed by atoms with E-state index in [2.05, 4.69) is 9.73 Å². The monoisotopic (exact) mass is 219 g/mol. The van der Waals surface area contributed by atoms with Gasteiger partial charge in [0.2, 0.25) is 6.08 Å². The van der Waals surface area contributed by atoms with Gasteiger partial charge in [-0.3, -0.25) is 0 Å². The molecule has 4 nitrogen and oxygen atoms in total. The second-order valence-corrected chi connectivity index (χ2v) is 3.83. The Labute approximate surface area is 94.0 Å². The molecule has 0 aromatic heterocycles. The normalized spacial score (nSPS) is 10.4.